The van der Waals surface area contributed by atoms with Gasteiger partial charge in [0, 0.05) is 32.6 Å². The van der Waals surface area contributed by atoms with Crippen LogP contribution < -0.4 is 20.5 Å². The molecule has 4 aromatic rings. The maximum absolute atomic E-state index is 13.3. The summed E-state index contributed by atoms with van der Waals surface area (Å²) < 4.78 is 53.0. The smallest absolute Gasteiger partial charge is 0.417 e. The molecule has 0 bridgehead atoms. The van der Waals surface area contributed by atoms with Crippen molar-refractivity contribution < 1.29 is 32.5 Å². The lowest BCUT2D eigenvalue weighted by atomic mass is 10.2. The highest BCUT2D eigenvalue weighted by Crippen LogP contribution is 2.34. The van der Waals surface area contributed by atoms with Crippen molar-refractivity contribution in [1.29, 1.82) is 5.26 Å². The Morgan fingerprint density at radius 1 is 1.30 bits per heavy atom. The van der Waals surface area contributed by atoms with E-state index in [1.807, 2.05) is 6.07 Å². The van der Waals surface area contributed by atoms with E-state index in [0.29, 0.717) is 12.3 Å². The van der Waals surface area contributed by atoms with Crippen LogP contribution in [0.1, 0.15) is 11.1 Å². The van der Waals surface area contributed by atoms with Crippen molar-refractivity contribution in [1.82, 2.24) is 24.1 Å². The van der Waals surface area contributed by atoms with Crippen LogP contribution in [0.25, 0.3) is 11.2 Å². The van der Waals surface area contributed by atoms with E-state index < -0.39 is 29.4 Å². The van der Waals surface area contributed by atoms with Crippen molar-refractivity contribution in [2.45, 2.75) is 12.2 Å². The third kappa shape index (κ3) is 4.73. The number of aryl methyl sites for hydroxylation is 2. The quantitative estimate of drug-likeness (QED) is 0.360. The van der Waals surface area contributed by atoms with Gasteiger partial charge in [-0.1, -0.05) is 0 Å². The van der Waals surface area contributed by atoms with Gasteiger partial charge in [-0.05, 0) is 12.1 Å². The highest BCUT2D eigenvalue weighted by atomic mass is 19.4. The fourth-order valence-electron chi connectivity index (χ4n) is 4.06. The maximum Gasteiger partial charge on any atom is 0.417 e. The summed E-state index contributed by atoms with van der Waals surface area (Å²) in [5, 5.41) is 22.2. The van der Waals surface area contributed by atoms with Crippen molar-refractivity contribution in [2.75, 3.05) is 23.4 Å². The molecule has 1 amide bonds. The van der Waals surface area contributed by atoms with Crippen molar-refractivity contribution in [2.24, 2.45) is 14.1 Å². The van der Waals surface area contributed by atoms with Crippen LogP contribution >= 0.6 is 0 Å². The monoisotopic (exact) mass is 556 g/mol. The van der Waals surface area contributed by atoms with E-state index in [1.54, 1.807) is 0 Å². The Kier molecular flexibility index (Phi) is 6.51. The average molecular weight is 556 g/mol. The predicted molar refractivity (Wildman–Crippen MR) is 133 cm³/mol. The standard InChI is InChI=1S/C24H19F3N8O5/c1-33-9-12(24(25,26)27)5-16(21(33)36)31-22-32-20-19(34(22)2)15(7-28)17(8-30-20)40-14-3-4-29-18(6-14)35(23(37)38)13-10-39-11-13/h3-6,8-9,13H,10-11H2,1-2H3,(H,37,38)(H,30,31,32). The van der Waals surface area contributed by atoms with Crippen LogP contribution in [0.4, 0.5) is 35.4 Å². The van der Waals surface area contributed by atoms with Gasteiger partial charge in [-0.15, -0.1) is 0 Å². The zero-order valence-corrected chi connectivity index (χ0v) is 20.8. The fourth-order valence-corrected chi connectivity index (χ4v) is 4.06. The lowest BCUT2D eigenvalue weighted by molar-refractivity contribution is -0.138. The molecule has 13 nitrogen and oxygen atoms in total. The van der Waals surface area contributed by atoms with Gasteiger partial charge in [0.15, 0.2) is 11.4 Å². The largest absolute Gasteiger partial charge is 0.465 e. The van der Waals surface area contributed by atoms with Crippen molar-refractivity contribution in [3.05, 3.63) is 58.3 Å². The van der Waals surface area contributed by atoms with E-state index in [4.69, 9.17) is 9.47 Å². The summed E-state index contributed by atoms with van der Waals surface area (Å²) >= 11 is 0. The fraction of sp³-hybridized carbons (Fsp3) is 0.250. The summed E-state index contributed by atoms with van der Waals surface area (Å²) in [4.78, 5) is 37.8. The lowest BCUT2D eigenvalue weighted by Gasteiger charge is -2.34. The number of carbonyl (C=O) groups is 1. The topological polar surface area (TPSA) is 160 Å². The van der Waals surface area contributed by atoms with Crippen LogP contribution in [-0.2, 0) is 25.0 Å². The van der Waals surface area contributed by atoms with Crippen molar-refractivity contribution >= 4 is 34.7 Å². The minimum atomic E-state index is -4.68. The van der Waals surface area contributed by atoms with E-state index in [1.165, 1.54) is 43.2 Å². The Bertz CT molecular complexity index is 1740. The summed E-state index contributed by atoms with van der Waals surface area (Å²) in [7, 11) is 2.68. The summed E-state index contributed by atoms with van der Waals surface area (Å²) in [6.07, 6.45) is -2.64. The SMILES string of the molecule is Cn1cc(C(F)(F)F)cc(Nc2nc3ncc(Oc4ccnc(N(C(=O)O)C5COC5)c4)c(C#N)c3n2C)c1=O. The lowest BCUT2D eigenvalue weighted by Crippen LogP contribution is -2.51. The van der Waals surface area contributed by atoms with E-state index in [9.17, 15) is 33.1 Å². The van der Waals surface area contributed by atoms with Crippen LogP contribution in [0.15, 0.2) is 41.6 Å². The molecule has 1 fully saturated rings. The summed E-state index contributed by atoms with van der Waals surface area (Å²) in [6.45, 7) is 0.448. The molecular formula is C24H19F3N8O5. The molecule has 4 aromatic heterocycles. The van der Waals surface area contributed by atoms with Gasteiger partial charge in [0.25, 0.3) is 5.56 Å². The second kappa shape index (κ2) is 9.85. The number of nitrogens with one attached hydrogen (secondary N) is 1. The molecule has 0 aliphatic carbocycles. The van der Waals surface area contributed by atoms with Crippen LogP contribution in [0.3, 0.4) is 0 Å². The van der Waals surface area contributed by atoms with Gasteiger partial charge in [0.05, 0.1) is 31.0 Å². The van der Waals surface area contributed by atoms with Gasteiger partial charge in [0.1, 0.15) is 34.4 Å². The number of fused-ring (bicyclic) bond motifs is 1. The molecule has 5 rings (SSSR count). The zero-order valence-electron chi connectivity index (χ0n) is 20.8. The number of halogens is 3. The second-order valence-electron chi connectivity index (χ2n) is 8.75. The Hall–Kier alpha value is -5.17. The van der Waals surface area contributed by atoms with Gasteiger partial charge < -0.3 is 29.0 Å². The van der Waals surface area contributed by atoms with E-state index >= 15 is 0 Å². The molecule has 0 spiro atoms. The van der Waals surface area contributed by atoms with Crippen molar-refractivity contribution in [3.8, 4) is 17.6 Å². The summed E-state index contributed by atoms with van der Waals surface area (Å²) in [5.41, 5.74) is -1.91. The number of hydrogen-bond donors (Lipinski definition) is 2. The first kappa shape index (κ1) is 26.4. The normalized spacial score (nSPS) is 13.5. The molecule has 0 saturated carbocycles. The Morgan fingerprint density at radius 2 is 2.05 bits per heavy atom. The predicted octanol–water partition coefficient (Wildman–Crippen LogP) is 3.37. The molecule has 2 N–H and O–H groups in total. The Morgan fingerprint density at radius 3 is 2.67 bits per heavy atom. The van der Waals surface area contributed by atoms with Crippen LogP contribution in [0.5, 0.6) is 11.5 Å². The number of rotatable bonds is 6. The molecule has 0 unspecified atom stereocenters. The number of nitriles is 1. The first-order valence-electron chi connectivity index (χ1n) is 11.5. The molecule has 0 aromatic carbocycles. The molecule has 0 radical (unpaired) electrons. The van der Waals surface area contributed by atoms with Crippen LogP contribution in [-0.4, -0.2) is 54.5 Å². The number of amides is 1. The van der Waals surface area contributed by atoms with Crippen molar-refractivity contribution in [3.63, 3.8) is 0 Å². The molecule has 40 heavy (non-hydrogen) atoms. The van der Waals surface area contributed by atoms with Crippen LogP contribution in [0, 0.1) is 11.3 Å². The average Bonchev–Trinajstić information content (AvgIpc) is 3.18. The minimum absolute atomic E-state index is 0.00513. The summed E-state index contributed by atoms with van der Waals surface area (Å²) in [6, 6.07) is 5.14. The Labute approximate surface area is 222 Å². The molecule has 1 aliphatic rings. The molecule has 5 heterocycles. The third-order valence-corrected chi connectivity index (χ3v) is 6.12. The number of pyridine rings is 3. The first-order chi connectivity index (χ1) is 19.0. The number of nitrogens with zero attached hydrogens (tertiary/aromatic N) is 7. The molecular weight excluding hydrogens is 537 g/mol. The number of ether oxygens (including phenoxy) is 2. The van der Waals surface area contributed by atoms with Gasteiger partial charge in [-0.25, -0.2) is 14.8 Å². The van der Waals surface area contributed by atoms with E-state index in [2.05, 4.69) is 20.3 Å². The minimum Gasteiger partial charge on any atom is -0.465 e. The van der Waals surface area contributed by atoms with E-state index in [0.717, 1.165) is 9.47 Å². The highest BCUT2D eigenvalue weighted by molar-refractivity contribution is 5.86. The molecule has 1 aliphatic heterocycles. The number of aromatic nitrogens is 5. The van der Waals surface area contributed by atoms with Gasteiger partial charge in [0.2, 0.25) is 5.95 Å². The number of anilines is 3. The van der Waals surface area contributed by atoms with Gasteiger partial charge in [-0.3, -0.25) is 9.69 Å². The van der Waals surface area contributed by atoms with Gasteiger partial charge >= 0.3 is 12.3 Å². The van der Waals surface area contributed by atoms with E-state index in [-0.39, 0.29) is 58.9 Å². The molecule has 0 atom stereocenters. The highest BCUT2D eigenvalue weighted by Gasteiger charge is 2.33. The maximum atomic E-state index is 13.3. The second-order valence-corrected chi connectivity index (χ2v) is 8.75. The molecule has 206 valence electrons. The zero-order chi connectivity index (χ0) is 28.8. The molecule has 1 saturated heterocycles. The Balaban J connectivity index is 1.50. The molecule has 16 heteroatoms. The number of alkyl halides is 3. The van der Waals surface area contributed by atoms with Gasteiger partial charge in [-0.2, -0.15) is 23.4 Å². The first-order valence-corrected chi connectivity index (χ1v) is 11.5. The summed E-state index contributed by atoms with van der Waals surface area (Å²) in [5.74, 6) is 0.228. The number of hydrogen-bond acceptors (Lipinski definition) is 9. The van der Waals surface area contributed by atoms with Crippen LogP contribution in [0.2, 0.25) is 0 Å². The number of carboxylic acid groups (broad SMARTS) is 1. The number of imidazole rings is 1. The third-order valence-electron chi connectivity index (χ3n) is 6.12.